The van der Waals surface area contributed by atoms with Gasteiger partial charge in [0.25, 0.3) is 0 Å². The van der Waals surface area contributed by atoms with Crippen LogP contribution >= 0.6 is 0 Å². The summed E-state index contributed by atoms with van der Waals surface area (Å²) in [6.45, 7) is 2.21. The normalized spacial score (nSPS) is 19.8. The number of rotatable bonds is 2. The molecule has 0 saturated heterocycles. The van der Waals surface area contributed by atoms with E-state index in [0.717, 1.165) is 19.5 Å². The standard InChI is InChI=1S/C20H22N2/c1-21-14-12-17(18-9-3-5-11-20(18)21)15-22-13-6-8-16-7-2-4-10-19(16)22/h2-7,9-11,13,17H,8,12,14-15H2,1H3. The predicted octanol–water partition coefficient (Wildman–Crippen LogP) is 4.19. The molecule has 0 bridgehead atoms. The third-order valence-corrected chi connectivity index (χ3v) is 4.94. The molecule has 0 fully saturated rings. The lowest BCUT2D eigenvalue weighted by molar-refractivity contribution is 0.592. The van der Waals surface area contributed by atoms with Crippen LogP contribution in [0.1, 0.15) is 23.5 Å². The van der Waals surface area contributed by atoms with Gasteiger partial charge in [-0.2, -0.15) is 0 Å². The van der Waals surface area contributed by atoms with Crippen molar-refractivity contribution in [1.29, 1.82) is 0 Å². The van der Waals surface area contributed by atoms with Gasteiger partial charge in [-0.3, -0.25) is 0 Å². The van der Waals surface area contributed by atoms with Gasteiger partial charge in [-0.05, 0) is 36.1 Å². The van der Waals surface area contributed by atoms with Crippen molar-refractivity contribution >= 4 is 11.4 Å². The summed E-state index contributed by atoms with van der Waals surface area (Å²) in [7, 11) is 2.20. The molecule has 0 aromatic heterocycles. The second-order valence-electron chi connectivity index (χ2n) is 6.34. The molecule has 22 heavy (non-hydrogen) atoms. The molecule has 1 atom stereocenters. The Balaban J connectivity index is 1.64. The Hall–Kier alpha value is -2.22. The molecule has 0 N–H and O–H groups in total. The first-order valence-electron chi connectivity index (χ1n) is 8.14. The van der Waals surface area contributed by atoms with Gasteiger partial charge in [0, 0.05) is 43.6 Å². The highest BCUT2D eigenvalue weighted by atomic mass is 15.1. The molecular formula is C20H22N2. The van der Waals surface area contributed by atoms with Gasteiger partial charge in [0.2, 0.25) is 0 Å². The van der Waals surface area contributed by atoms with E-state index in [1.54, 1.807) is 0 Å². The van der Waals surface area contributed by atoms with E-state index in [-0.39, 0.29) is 0 Å². The molecule has 2 nitrogen and oxygen atoms in total. The second kappa shape index (κ2) is 5.53. The highest BCUT2D eigenvalue weighted by Crippen LogP contribution is 2.36. The zero-order valence-electron chi connectivity index (χ0n) is 13.1. The van der Waals surface area contributed by atoms with Gasteiger partial charge < -0.3 is 9.80 Å². The molecule has 2 heterocycles. The maximum absolute atomic E-state index is 2.44. The van der Waals surface area contributed by atoms with Crippen LogP contribution in [0.4, 0.5) is 11.4 Å². The van der Waals surface area contributed by atoms with Crippen LogP contribution in [0.3, 0.4) is 0 Å². The molecule has 112 valence electrons. The van der Waals surface area contributed by atoms with Gasteiger partial charge in [0.05, 0.1) is 0 Å². The Morgan fingerprint density at radius 3 is 2.68 bits per heavy atom. The van der Waals surface area contributed by atoms with Crippen molar-refractivity contribution in [2.24, 2.45) is 0 Å². The number of anilines is 2. The van der Waals surface area contributed by atoms with E-state index in [0.29, 0.717) is 5.92 Å². The summed E-state index contributed by atoms with van der Waals surface area (Å²) in [6, 6.07) is 17.7. The summed E-state index contributed by atoms with van der Waals surface area (Å²) < 4.78 is 0. The smallest absolute Gasteiger partial charge is 0.0441 e. The number of hydrogen-bond donors (Lipinski definition) is 0. The zero-order chi connectivity index (χ0) is 14.9. The molecule has 2 aliphatic rings. The van der Waals surface area contributed by atoms with Gasteiger partial charge in [0.15, 0.2) is 0 Å². The van der Waals surface area contributed by atoms with Gasteiger partial charge in [-0.15, -0.1) is 0 Å². The average molecular weight is 290 g/mol. The summed E-state index contributed by atoms with van der Waals surface area (Å²) in [6.07, 6.45) is 6.82. The Kier molecular flexibility index (Phi) is 3.38. The fourth-order valence-electron chi connectivity index (χ4n) is 3.74. The van der Waals surface area contributed by atoms with Crippen molar-refractivity contribution in [3.8, 4) is 0 Å². The Morgan fingerprint density at radius 2 is 1.77 bits per heavy atom. The van der Waals surface area contributed by atoms with Crippen molar-refractivity contribution in [2.45, 2.75) is 18.8 Å². The molecule has 2 aromatic carbocycles. The number of allylic oxidation sites excluding steroid dienone is 1. The minimum absolute atomic E-state index is 0.600. The summed E-state index contributed by atoms with van der Waals surface area (Å²) in [5.74, 6) is 0.600. The second-order valence-corrected chi connectivity index (χ2v) is 6.34. The van der Waals surface area contributed by atoms with E-state index >= 15 is 0 Å². The minimum Gasteiger partial charge on any atom is -0.374 e. The predicted molar refractivity (Wildman–Crippen MR) is 93.7 cm³/mol. The van der Waals surface area contributed by atoms with Crippen molar-refractivity contribution in [3.05, 3.63) is 71.9 Å². The maximum Gasteiger partial charge on any atom is 0.0441 e. The molecule has 2 aromatic rings. The van der Waals surface area contributed by atoms with E-state index in [2.05, 4.69) is 77.7 Å². The van der Waals surface area contributed by atoms with E-state index in [4.69, 9.17) is 0 Å². The van der Waals surface area contributed by atoms with E-state index in [1.165, 1.54) is 28.9 Å². The molecule has 2 heteroatoms. The molecule has 0 saturated carbocycles. The lowest BCUT2D eigenvalue weighted by Gasteiger charge is -2.36. The monoisotopic (exact) mass is 290 g/mol. The highest BCUT2D eigenvalue weighted by Gasteiger charge is 2.25. The molecule has 0 spiro atoms. The summed E-state index contributed by atoms with van der Waals surface area (Å²) in [5.41, 5.74) is 5.70. The third kappa shape index (κ3) is 2.29. The first-order chi connectivity index (χ1) is 10.8. The Labute approximate surface area is 132 Å². The van der Waals surface area contributed by atoms with Crippen molar-refractivity contribution in [1.82, 2.24) is 0 Å². The molecule has 1 unspecified atom stereocenters. The number of fused-ring (bicyclic) bond motifs is 2. The van der Waals surface area contributed by atoms with Crippen LogP contribution in [0, 0.1) is 0 Å². The van der Waals surface area contributed by atoms with Crippen LogP contribution in [-0.2, 0) is 6.42 Å². The molecule has 4 rings (SSSR count). The molecule has 0 radical (unpaired) electrons. The van der Waals surface area contributed by atoms with Crippen LogP contribution in [0.5, 0.6) is 0 Å². The summed E-state index contributed by atoms with van der Waals surface area (Å²) >= 11 is 0. The summed E-state index contributed by atoms with van der Waals surface area (Å²) in [5, 5.41) is 0. The maximum atomic E-state index is 2.44. The van der Waals surface area contributed by atoms with Crippen LogP contribution in [0.15, 0.2) is 60.8 Å². The van der Waals surface area contributed by atoms with Crippen molar-refractivity contribution in [2.75, 3.05) is 29.9 Å². The first-order valence-corrected chi connectivity index (χ1v) is 8.14. The SMILES string of the molecule is CN1CCC(CN2C=CCc3ccccc32)c2ccccc21. The van der Waals surface area contributed by atoms with Gasteiger partial charge >= 0.3 is 0 Å². The number of hydrogen-bond acceptors (Lipinski definition) is 2. The molecule has 0 aliphatic carbocycles. The molecule has 2 aliphatic heterocycles. The number of benzene rings is 2. The zero-order valence-corrected chi connectivity index (χ0v) is 13.1. The van der Waals surface area contributed by atoms with Gasteiger partial charge in [0.1, 0.15) is 0 Å². The highest BCUT2D eigenvalue weighted by molar-refractivity contribution is 5.61. The lowest BCUT2D eigenvalue weighted by atomic mass is 9.89. The Morgan fingerprint density at radius 1 is 1.00 bits per heavy atom. The topological polar surface area (TPSA) is 6.48 Å². The molecular weight excluding hydrogens is 268 g/mol. The first kappa shape index (κ1) is 13.4. The Bertz CT molecular complexity index is 704. The van der Waals surface area contributed by atoms with Crippen molar-refractivity contribution in [3.63, 3.8) is 0 Å². The van der Waals surface area contributed by atoms with Crippen LogP contribution in [0.25, 0.3) is 0 Å². The van der Waals surface area contributed by atoms with E-state index in [9.17, 15) is 0 Å². The largest absolute Gasteiger partial charge is 0.374 e. The fourth-order valence-corrected chi connectivity index (χ4v) is 3.74. The fraction of sp³-hybridized carbons (Fsp3) is 0.300. The minimum atomic E-state index is 0.600. The van der Waals surface area contributed by atoms with Crippen molar-refractivity contribution < 1.29 is 0 Å². The van der Waals surface area contributed by atoms with E-state index in [1.807, 2.05) is 0 Å². The van der Waals surface area contributed by atoms with Gasteiger partial charge in [-0.25, -0.2) is 0 Å². The van der Waals surface area contributed by atoms with Gasteiger partial charge in [-0.1, -0.05) is 42.5 Å². The van der Waals surface area contributed by atoms with E-state index < -0.39 is 0 Å². The van der Waals surface area contributed by atoms with Crippen LogP contribution < -0.4 is 9.80 Å². The van der Waals surface area contributed by atoms with Crippen LogP contribution in [0.2, 0.25) is 0 Å². The lowest BCUT2D eigenvalue weighted by Crippen LogP contribution is -2.33. The quantitative estimate of drug-likeness (QED) is 0.818. The molecule has 0 amide bonds. The van der Waals surface area contributed by atoms with Crippen LogP contribution in [-0.4, -0.2) is 20.1 Å². The third-order valence-electron chi connectivity index (χ3n) is 4.94. The summed E-state index contributed by atoms with van der Waals surface area (Å²) in [4.78, 5) is 4.82. The number of nitrogens with zero attached hydrogens (tertiary/aromatic N) is 2. The average Bonchev–Trinajstić information content (AvgIpc) is 2.58. The number of para-hydroxylation sites is 2.